The van der Waals surface area contributed by atoms with Crippen LogP contribution in [0.4, 0.5) is 5.69 Å². The van der Waals surface area contributed by atoms with Crippen molar-refractivity contribution in [2.24, 2.45) is 0 Å². The number of benzene rings is 2. The molecule has 0 saturated carbocycles. The summed E-state index contributed by atoms with van der Waals surface area (Å²) in [6, 6.07) is 17.5. The highest BCUT2D eigenvalue weighted by molar-refractivity contribution is 7.80. The number of hydrogen-bond acceptors (Lipinski definition) is 3. The Balaban J connectivity index is 1.79. The van der Waals surface area contributed by atoms with Crippen LogP contribution in [0.2, 0.25) is 0 Å². The highest BCUT2D eigenvalue weighted by atomic mass is 32.1. The van der Waals surface area contributed by atoms with Gasteiger partial charge in [-0.1, -0.05) is 30.3 Å². The van der Waals surface area contributed by atoms with Gasteiger partial charge in [-0.3, -0.25) is 9.36 Å². The van der Waals surface area contributed by atoms with E-state index in [1.54, 1.807) is 4.57 Å². The van der Waals surface area contributed by atoms with Crippen molar-refractivity contribution in [2.75, 3.05) is 11.9 Å². The van der Waals surface area contributed by atoms with Gasteiger partial charge < -0.3 is 10.2 Å². The van der Waals surface area contributed by atoms with Crippen LogP contribution in [-0.4, -0.2) is 32.2 Å². The molecule has 0 amide bonds. The lowest BCUT2D eigenvalue weighted by molar-refractivity contribution is 0.335. The second-order valence-corrected chi connectivity index (χ2v) is 7.10. The molecule has 0 aliphatic carbocycles. The van der Waals surface area contributed by atoms with E-state index in [9.17, 15) is 4.79 Å². The largest absolute Gasteiger partial charge is 0.345 e. The molecule has 0 saturated heterocycles. The fourth-order valence-electron chi connectivity index (χ4n) is 3.06. The van der Waals surface area contributed by atoms with E-state index in [0.717, 1.165) is 11.2 Å². The van der Waals surface area contributed by atoms with Crippen molar-refractivity contribution < 1.29 is 0 Å². The molecule has 0 bridgehead atoms. The summed E-state index contributed by atoms with van der Waals surface area (Å²) in [6.07, 6.45) is 0. The maximum atomic E-state index is 12.8. The highest BCUT2D eigenvalue weighted by Gasteiger charge is 2.15. The van der Waals surface area contributed by atoms with Crippen LogP contribution in [-0.2, 0) is 6.54 Å². The maximum Gasteiger partial charge on any atom is 0.261 e. The van der Waals surface area contributed by atoms with Gasteiger partial charge in [-0.05, 0) is 57.3 Å². The molecule has 140 valence electrons. The Labute approximate surface area is 164 Å². The predicted octanol–water partition coefficient (Wildman–Crippen LogP) is 3.81. The predicted molar refractivity (Wildman–Crippen MR) is 115 cm³/mol. The van der Waals surface area contributed by atoms with Crippen LogP contribution in [0.15, 0.2) is 59.4 Å². The summed E-state index contributed by atoms with van der Waals surface area (Å²) in [4.78, 5) is 19.5. The average Bonchev–Trinajstić information content (AvgIpc) is 2.65. The van der Waals surface area contributed by atoms with Gasteiger partial charge in [0.25, 0.3) is 5.56 Å². The number of hydrogen-bond donors (Lipinski definition) is 1. The van der Waals surface area contributed by atoms with Gasteiger partial charge in [0.1, 0.15) is 5.82 Å². The van der Waals surface area contributed by atoms with Crippen molar-refractivity contribution in [3.63, 3.8) is 0 Å². The number of aromatic nitrogens is 2. The Kier molecular flexibility index (Phi) is 5.86. The lowest BCUT2D eigenvalue weighted by Gasteiger charge is -2.30. The Morgan fingerprint density at radius 3 is 2.52 bits per heavy atom. The van der Waals surface area contributed by atoms with Gasteiger partial charge in [0.05, 0.1) is 10.9 Å². The van der Waals surface area contributed by atoms with Gasteiger partial charge in [0.15, 0.2) is 5.11 Å². The molecule has 0 aliphatic heterocycles. The van der Waals surface area contributed by atoms with Gasteiger partial charge >= 0.3 is 0 Å². The third-order valence-corrected chi connectivity index (χ3v) is 4.86. The minimum Gasteiger partial charge on any atom is -0.345 e. The number of anilines is 1. The average molecular weight is 381 g/mol. The normalized spacial score (nSPS) is 11.0. The molecule has 5 nitrogen and oxygen atoms in total. The molecule has 27 heavy (non-hydrogen) atoms. The third kappa shape index (κ3) is 4.34. The molecule has 3 aromatic rings. The zero-order chi connectivity index (χ0) is 19.4. The molecule has 6 heteroatoms. The first kappa shape index (κ1) is 19.0. The van der Waals surface area contributed by atoms with Crippen molar-refractivity contribution in [3.05, 3.63) is 70.8 Å². The van der Waals surface area contributed by atoms with Crippen LogP contribution in [0.25, 0.3) is 10.9 Å². The van der Waals surface area contributed by atoms with Crippen molar-refractivity contribution >= 4 is 33.9 Å². The number of rotatable bonds is 5. The first-order chi connectivity index (χ1) is 13.0. The summed E-state index contributed by atoms with van der Waals surface area (Å²) in [5.74, 6) is 0.712. The lowest BCUT2D eigenvalue weighted by Crippen LogP contribution is -2.43. The van der Waals surface area contributed by atoms with E-state index < -0.39 is 0 Å². The molecule has 0 radical (unpaired) electrons. The van der Waals surface area contributed by atoms with E-state index in [4.69, 9.17) is 12.2 Å². The van der Waals surface area contributed by atoms with E-state index in [2.05, 4.69) is 29.0 Å². The molecule has 0 spiro atoms. The van der Waals surface area contributed by atoms with E-state index >= 15 is 0 Å². The van der Waals surface area contributed by atoms with Crippen LogP contribution in [0.1, 0.15) is 19.7 Å². The third-order valence-electron chi connectivity index (χ3n) is 4.53. The van der Waals surface area contributed by atoms with Gasteiger partial charge in [-0.15, -0.1) is 0 Å². The summed E-state index contributed by atoms with van der Waals surface area (Å²) >= 11 is 5.60. The molecular formula is C21H24N4OS. The van der Waals surface area contributed by atoms with Crippen molar-refractivity contribution in [1.82, 2.24) is 14.5 Å². The van der Waals surface area contributed by atoms with E-state index in [-0.39, 0.29) is 11.6 Å². The number of aryl methyl sites for hydroxylation is 1. The molecule has 1 heterocycles. The second kappa shape index (κ2) is 8.31. The zero-order valence-electron chi connectivity index (χ0n) is 15.8. The topological polar surface area (TPSA) is 50.2 Å². The monoisotopic (exact) mass is 380 g/mol. The fourth-order valence-corrected chi connectivity index (χ4v) is 3.48. The minimum absolute atomic E-state index is 0.0104. The fraction of sp³-hybridized carbons (Fsp3) is 0.286. The summed E-state index contributed by atoms with van der Waals surface area (Å²) < 4.78 is 1.73. The van der Waals surface area contributed by atoms with E-state index in [0.29, 0.717) is 29.4 Å². The van der Waals surface area contributed by atoms with Crippen LogP contribution in [0, 0.1) is 6.92 Å². The molecule has 1 aromatic heterocycles. The number of nitrogens with zero attached hydrogens (tertiary/aromatic N) is 3. The van der Waals surface area contributed by atoms with E-state index in [1.165, 1.54) is 0 Å². The molecule has 0 fully saturated rings. The van der Waals surface area contributed by atoms with E-state index in [1.807, 2.05) is 61.5 Å². The van der Waals surface area contributed by atoms with Gasteiger partial charge in [0.2, 0.25) is 0 Å². The molecule has 1 N–H and O–H groups in total. The number of nitrogens with one attached hydrogen (secondary N) is 1. The molecule has 0 unspecified atom stereocenters. The van der Waals surface area contributed by atoms with Gasteiger partial charge in [-0.2, -0.15) is 0 Å². The number of para-hydroxylation sites is 2. The van der Waals surface area contributed by atoms with Gasteiger partial charge in [-0.25, -0.2) is 4.98 Å². The smallest absolute Gasteiger partial charge is 0.261 e. The second-order valence-electron chi connectivity index (χ2n) is 6.72. The first-order valence-corrected chi connectivity index (χ1v) is 9.47. The molecule has 3 rings (SSSR count). The van der Waals surface area contributed by atoms with Crippen molar-refractivity contribution in [3.8, 4) is 0 Å². The highest BCUT2D eigenvalue weighted by Crippen LogP contribution is 2.11. The Hall–Kier alpha value is -2.73. The Morgan fingerprint density at radius 1 is 1.15 bits per heavy atom. The van der Waals surface area contributed by atoms with Crippen LogP contribution < -0.4 is 10.9 Å². The van der Waals surface area contributed by atoms with Crippen molar-refractivity contribution in [2.45, 2.75) is 33.4 Å². The molecular weight excluding hydrogens is 356 g/mol. The molecule has 2 aromatic carbocycles. The van der Waals surface area contributed by atoms with Crippen LogP contribution >= 0.6 is 12.2 Å². The number of fused-ring (bicyclic) bond motifs is 1. The number of thiocarbonyl (C=S) groups is 1. The van der Waals surface area contributed by atoms with Crippen LogP contribution in [0.3, 0.4) is 0 Å². The maximum absolute atomic E-state index is 12.8. The summed E-state index contributed by atoms with van der Waals surface area (Å²) in [5.41, 5.74) is 1.68. The summed E-state index contributed by atoms with van der Waals surface area (Å²) in [7, 11) is 0. The first-order valence-electron chi connectivity index (χ1n) is 9.06. The lowest BCUT2D eigenvalue weighted by atomic mass is 10.2. The van der Waals surface area contributed by atoms with Crippen molar-refractivity contribution in [1.29, 1.82) is 0 Å². The Morgan fingerprint density at radius 2 is 1.81 bits per heavy atom. The SMILES string of the molecule is Cc1nc2ccccc2c(=O)n1CCN(C(=S)Nc1ccccc1)C(C)C. The Bertz CT molecular complexity index is 998. The molecule has 0 atom stereocenters. The van der Waals surface area contributed by atoms with Crippen LogP contribution in [0.5, 0.6) is 0 Å². The quantitative estimate of drug-likeness (QED) is 0.682. The summed E-state index contributed by atoms with van der Waals surface area (Å²) in [5, 5.41) is 4.56. The standard InChI is InChI=1S/C21H24N4OS/c1-15(2)24(21(27)23-17-9-5-4-6-10-17)13-14-25-16(3)22-19-12-8-7-11-18(19)20(25)26/h4-12,15H,13-14H2,1-3H3,(H,23,27). The summed E-state index contributed by atoms with van der Waals surface area (Å²) in [6.45, 7) is 7.20. The molecule has 0 aliphatic rings. The zero-order valence-corrected chi connectivity index (χ0v) is 16.7. The van der Waals surface area contributed by atoms with Gasteiger partial charge in [0, 0.05) is 24.8 Å². The minimum atomic E-state index is -0.0104.